The zero-order valence-electron chi connectivity index (χ0n) is 5.03. The first kappa shape index (κ1) is 7.57. The Labute approximate surface area is 52.9 Å². The molecular formula is C5H11ClGe. The van der Waals surface area contributed by atoms with Gasteiger partial charge < -0.3 is 0 Å². The average Bonchev–Trinajstić information content (AvgIpc) is 1.30. The summed E-state index contributed by atoms with van der Waals surface area (Å²) in [4.78, 5) is 2.14. The standard InChI is InChI=1S/C5H11ClGe/c1-7(2,3)5-4-6/h4-5H,1-3H3. The van der Waals surface area contributed by atoms with Crippen molar-refractivity contribution in [3.63, 3.8) is 0 Å². The van der Waals surface area contributed by atoms with Gasteiger partial charge in [-0.15, -0.1) is 0 Å². The van der Waals surface area contributed by atoms with Crippen LogP contribution in [0.3, 0.4) is 0 Å². The van der Waals surface area contributed by atoms with Gasteiger partial charge in [0, 0.05) is 0 Å². The fraction of sp³-hybridized carbons (Fsp3) is 0.600. The normalized spacial score (nSPS) is 13.1. The number of rotatable bonds is 1. The van der Waals surface area contributed by atoms with Crippen molar-refractivity contribution in [3.8, 4) is 0 Å². The molecule has 0 N–H and O–H groups in total. The van der Waals surface area contributed by atoms with Gasteiger partial charge in [-0.25, -0.2) is 0 Å². The third-order valence-corrected chi connectivity index (χ3v) is 3.58. The van der Waals surface area contributed by atoms with Gasteiger partial charge in [0.25, 0.3) is 0 Å². The minimum absolute atomic E-state index is 1.39. The van der Waals surface area contributed by atoms with Gasteiger partial charge in [0.1, 0.15) is 0 Å². The summed E-state index contributed by atoms with van der Waals surface area (Å²) < 4.78 is 0. The van der Waals surface area contributed by atoms with Crippen LogP contribution in [0.15, 0.2) is 10.4 Å². The molecule has 42 valence electrons. The van der Waals surface area contributed by atoms with Gasteiger partial charge in [-0.1, -0.05) is 0 Å². The Kier molecular flexibility index (Phi) is 3.00. The summed E-state index contributed by atoms with van der Waals surface area (Å²) in [7, 11) is 0. The Bertz CT molecular complexity index is 70.6. The maximum atomic E-state index is 5.35. The molecule has 7 heavy (non-hydrogen) atoms. The van der Waals surface area contributed by atoms with Gasteiger partial charge >= 0.3 is 52.6 Å². The minimum atomic E-state index is -1.39. The first-order chi connectivity index (χ1) is 3.06. The molecule has 0 aromatic rings. The predicted molar refractivity (Wildman–Crippen MR) is 38.3 cm³/mol. The van der Waals surface area contributed by atoms with Crippen molar-refractivity contribution in [2.24, 2.45) is 0 Å². The summed E-state index contributed by atoms with van der Waals surface area (Å²) in [5.74, 6) is 6.87. The van der Waals surface area contributed by atoms with Crippen LogP contribution in [-0.2, 0) is 0 Å². The second-order valence-corrected chi connectivity index (χ2v) is 13.5. The van der Waals surface area contributed by atoms with Gasteiger partial charge in [0.05, 0.1) is 0 Å². The molecule has 0 heterocycles. The zero-order valence-corrected chi connectivity index (χ0v) is 7.89. The topological polar surface area (TPSA) is 0 Å². The fourth-order valence-electron chi connectivity index (χ4n) is 0.189. The Balaban J connectivity index is 3.56. The van der Waals surface area contributed by atoms with Crippen LogP contribution in [0.5, 0.6) is 0 Å². The van der Waals surface area contributed by atoms with Crippen molar-refractivity contribution in [1.29, 1.82) is 0 Å². The van der Waals surface area contributed by atoms with E-state index in [4.69, 9.17) is 11.6 Å². The predicted octanol–water partition coefficient (Wildman–Crippen LogP) is 2.62. The Morgan fingerprint density at radius 2 is 1.71 bits per heavy atom. The van der Waals surface area contributed by atoms with Crippen LogP contribution in [0.25, 0.3) is 0 Å². The van der Waals surface area contributed by atoms with Crippen molar-refractivity contribution in [1.82, 2.24) is 0 Å². The molecule has 0 amide bonds. The summed E-state index contributed by atoms with van der Waals surface area (Å²) in [5.41, 5.74) is 1.64. The van der Waals surface area contributed by atoms with Crippen LogP contribution in [0.4, 0.5) is 0 Å². The van der Waals surface area contributed by atoms with E-state index in [1.54, 1.807) is 5.54 Å². The maximum absolute atomic E-state index is 5.35. The fourth-order valence-corrected chi connectivity index (χ4v) is 2.95. The molecule has 0 unspecified atom stereocenters. The third-order valence-electron chi connectivity index (χ3n) is 0.563. The molecule has 0 rings (SSSR count). The average molecular weight is 179 g/mol. The molecule has 0 fully saturated rings. The monoisotopic (exact) mass is 180 g/mol. The van der Waals surface area contributed by atoms with E-state index in [1.807, 2.05) is 0 Å². The molecule has 0 aliphatic carbocycles. The van der Waals surface area contributed by atoms with Crippen molar-refractivity contribution < 1.29 is 0 Å². The molecule has 0 aliphatic rings. The van der Waals surface area contributed by atoms with E-state index in [-0.39, 0.29) is 0 Å². The van der Waals surface area contributed by atoms with E-state index in [9.17, 15) is 0 Å². The molecular weight excluding hydrogens is 168 g/mol. The van der Waals surface area contributed by atoms with Crippen LogP contribution < -0.4 is 0 Å². The molecule has 0 atom stereocenters. The molecule has 2 heteroatoms. The van der Waals surface area contributed by atoms with E-state index in [2.05, 4.69) is 22.2 Å². The van der Waals surface area contributed by atoms with Crippen LogP contribution in [0.2, 0.25) is 17.3 Å². The molecule has 0 nitrogen and oxygen atoms in total. The first-order valence-electron chi connectivity index (χ1n) is 2.34. The molecule has 0 spiro atoms. The Morgan fingerprint density at radius 3 is 1.71 bits per heavy atom. The van der Waals surface area contributed by atoms with Crippen molar-refractivity contribution >= 4 is 24.9 Å². The van der Waals surface area contributed by atoms with Crippen LogP contribution >= 0.6 is 11.6 Å². The summed E-state index contributed by atoms with van der Waals surface area (Å²) in [6.07, 6.45) is 0. The van der Waals surface area contributed by atoms with Gasteiger partial charge in [-0.05, 0) is 0 Å². The number of hydrogen-bond acceptors (Lipinski definition) is 0. The van der Waals surface area contributed by atoms with Gasteiger partial charge in [-0.3, -0.25) is 0 Å². The summed E-state index contributed by atoms with van der Waals surface area (Å²) in [5, 5.41) is 0. The van der Waals surface area contributed by atoms with Crippen molar-refractivity contribution in [2.45, 2.75) is 17.3 Å². The molecule has 0 saturated heterocycles. The van der Waals surface area contributed by atoms with Gasteiger partial charge in [-0.2, -0.15) is 0 Å². The zero-order chi connectivity index (χ0) is 5.91. The van der Waals surface area contributed by atoms with E-state index >= 15 is 0 Å². The number of hydrogen-bond donors (Lipinski definition) is 0. The van der Waals surface area contributed by atoms with Gasteiger partial charge in [0.15, 0.2) is 0 Å². The first-order valence-corrected chi connectivity index (χ1v) is 10.3. The Morgan fingerprint density at radius 1 is 1.29 bits per heavy atom. The molecule has 0 bridgehead atoms. The third kappa shape index (κ3) is 6.57. The molecule has 0 aromatic carbocycles. The van der Waals surface area contributed by atoms with Gasteiger partial charge in [0.2, 0.25) is 0 Å². The van der Waals surface area contributed by atoms with E-state index in [0.29, 0.717) is 0 Å². The van der Waals surface area contributed by atoms with E-state index in [1.165, 1.54) is 0 Å². The molecule has 0 aliphatic heterocycles. The Hall–Kier alpha value is 0.573. The molecule has 0 radical (unpaired) electrons. The summed E-state index contributed by atoms with van der Waals surface area (Å²) in [6, 6.07) is 0. The second-order valence-electron chi connectivity index (χ2n) is 2.66. The summed E-state index contributed by atoms with van der Waals surface area (Å²) >= 11 is 3.96. The number of halogens is 1. The second kappa shape index (κ2) is 2.78. The van der Waals surface area contributed by atoms with Crippen LogP contribution in [0, 0.1) is 0 Å². The van der Waals surface area contributed by atoms with Crippen molar-refractivity contribution in [3.05, 3.63) is 10.4 Å². The van der Waals surface area contributed by atoms with Crippen molar-refractivity contribution in [2.75, 3.05) is 0 Å². The SMILES string of the molecule is [CH3][Ge]([CH3])([CH3])[CH]=CCl. The molecule has 0 aromatic heterocycles. The quantitative estimate of drug-likeness (QED) is 0.543. The summed E-state index contributed by atoms with van der Waals surface area (Å²) in [6.45, 7) is 0. The molecule has 0 saturated carbocycles. The van der Waals surface area contributed by atoms with E-state index in [0.717, 1.165) is 0 Å². The van der Waals surface area contributed by atoms with Crippen LogP contribution in [-0.4, -0.2) is 13.3 Å². The van der Waals surface area contributed by atoms with Crippen LogP contribution in [0.1, 0.15) is 0 Å². The van der Waals surface area contributed by atoms with E-state index < -0.39 is 13.3 Å².